The molecular formula is C13H16ClNOS. The van der Waals surface area contributed by atoms with E-state index in [4.69, 9.17) is 10.5 Å². The molecule has 0 bridgehead atoms. The normalized spacial score (nSPS) is 11.6. The van der Waals surface area contributed by atoms with Gasteiger partial charge in [-0.25, -0.2) is 0 Å². The smallest absolute Gasteiger partial charge is 0.124 e. The lowest BCUT2D eigenvalue weighted by Crippen LogP contribution is -2.12. The maximum atomic E-state index is 6.22. The third kappa shape index (κ3) is 3.22. The Morgan fingerprint density at radius 2 is 2.06 bits per heavy atom. The molecule has 2 aromatic rings. The van der Waals surface area contributed by atoms with Gasteiger partial charge in [0.1, 0.15) is 5.75 Å². The molecule has 1 atom stereocenters. The van der Waals surface area contributed by atoms with Gasteiger partial charge in [0.2, 0.25) is 0 Å². The van der Waals surface area contributed by atoms with Crippen molar-refractivity contribution in [3.8, 4) is 5.75 Å². The molecule has 17 heavy (non-hydrogen) atoms. The number of hydrogen-bond acceptors (Lipinski definition) is 3. The van der Waals surface area contributed by atoms with Crippen LogP contribution in [0.4, 0.5) is 0 Å². The molecule has 92 valence electrons. The van der Waals surface area contributed by atoms with Crippen molar-refractivity contribution in [1.29, 1.82) is 0 Å². The van der Waals surface area contributed by atoms with Gasteiger partial charge in [-0.1, -0.05) is 18.2 Å². The van der Waals surface area contributed by atoms with Crippen LogP contribution in [0.1, 0.15) is 24.1 Å². The molecule has 1 heterocycles. The van der Waals surface area contributed by atoms with Crippen LogP contribution in [0.3, 0.4) is 0 Å². The molecule has 1 aromatic carbocycles. The highest BCUT2D eigenvalue weighted by Gasteiger charge is 2.13. The summed E-state index contributed by atoms with van der Waals surface area (Å²) in [7, 11) is 0. The molecule has 2 N–H and O–H groups in total. The molecule has 2 nitrogen and oxygen atoms in total. The minimum atomic E-state index is -0.103. The Morgan fingerprint density at radius 1 is 1.29 bits per heavy atom. The van der Waals surface area contributed by atoms with E-state index >= 15 is 0 Å². The average molecular weight is 270 g/mol. The first kappa shape index (κ1) is 14.0. The Hall–Kier alpha value is -1.03. The second kappa shape index (κ2) is 6.64. The molecule has 0 fully saturated rings. The van der Waals surface area contributed by atoms with Crippen LogP contribution in [0.25, 0.3) is 0 Å². The SMILES string of the molecule is CCOc1ccccc1[C@H](N)c1ccsc1.Cl. The van der Waals surface area contributed by atoms with Gasteiger partial charge in [0, 0.05) is 5.56 Å². The maximum Gasteiger partial charge on any atom is 0.124 e. The Morgan fingerprint density at radius 3 is 2.71 bits per heavy atom. The Bertz CT molecular complexity index is 444. The van der Waals surface area contributed by atoms with Gasteiger partial charge in [-0.15, -0.1) is 12.4 Å². The second-order valence-corrected chi connectivity index (χ2v) is 4.29. The number of para-hydroxylation sites is 1. The van der Waals surface area contributed by atoms with Crippen molar-refractivity contribution in [2.24, 2.45) is 5.73 Å². The van der Waals surface area contributed by atoms with Crippen LogP contribution in [0.15, 0.2) is 41.1 Å². The first-order valence-corrected chi connectivity index (χ1v) is 6.26. The van der Waals surface area contributed by atoms with Crippen LogP contribution in [-0.4, -0.2) is 6.61 Å². The van der Waals surface area contributed by atoms with Gasteiger partial charge in [-0.05, 0) is 35.4 Å². The Labute approximate surface area is 112 Å². The van der Waals surface area contributed by atoms with Crippen LogP contribution in [0.2, 0.25) is 0 Å². The molecular weight excluding hydrogens is 254 g/mol. The molecule has 0 unspecified atom stereocenters. The lowest BCUT2D eigenvalue weighted by molar-refractivity contribution is 0.335. The van der Waals surface area contributed by atoms with Crippen LogP contribution < -0.4 is 10.5 Å². The van der Waals surface area contributed by atoms with E-state index in [2.05, 4.69) is 11.4 Å². The summed E-state index contributed by atoms with van der Waals surface area (Å²) in [4.78, 5) is 0. The zero-order valence-electron chi connectivity index (χ0n) is 9.63. The van der Waals surface area contributed by atoms with Gasteiger partial charge in [0.05, 0.1) is 12.6 Å². The van der Waals surface area contributed by atoms with E-state index in [1.54, 1.807) is 11.3 Å². The minimum Gasteiger partial charge on any atom is -0.494 e. The molecule has 0 saturated heterocycles. The summed E-state index contributed by atoms with van der Waals surface area (Å²) in [6, 6.07) is 9.89. The number of benzene rings is 1. The zero-order chi connectivity index (χ0) is 11.4. The summed E-state index contributed by atoms with van der Waals surface area (Å²) >= 11 is 1.66. The Kier molecular flexibility index (Phi) is 5.48. The largest absolute Gasteiger partial charge is 0.494 e. The summed E-state index contributed by atoms with van der Waals surface area (Å²) in [6.45, 7) is 2.64. The van der Waals surface area contributed by atoms with Crippen LogP contribution in [0.5, 0.6) is 5.75 Å². The average Bonchev–Trinajstić information content (AvgIpc) is 2.83. The van der Waals surface area contributed by atoms with Gasteiger partial charge in [-0.2, -0.15) is 11.3 Å². The molecule has 0 saturated carbocycles. The summed E-state index contributed by atoms with van der Waals surface area (Å²) in [5.74, 6) is 0.878. The number of rotatable bonds is 4. The molecule has 1 aromatic heterocycles. The van der Waals surface area contributed by atoms with Gasteiger partial charge in [0.25, 0.3) is 0 Å². The predicted molar refractivity (Wildman–Crippen MR) is 75.2 cm³/mol. The number of nitrogens with two attached hydrogens (primary N) is 1. The highest BCUT2D eigenvalue weighted by atomic mass is 35.5. The van der Waals surface area contributed by atoms with Crippen molar-refractivity contribution in [1.82, 2.24) is 0 Å². The van der Waals surface area contributed by atoms with Crippen molar-refractivity contribution in [2.45, 2.75) is 13.0 Å². The highest BCUT2D eigenvalue weighted by Crippen LogP contribution is 2.29. The first-order valence-electron chi connectivity index (χ1n) is 5.32. The molecule has 0 spiro atoms. The lowest BCUT2D eigenvalue weighted by atomic mass is 10.0. The Balaban J connectivity index is 0.00000144. The van der Waals surface area contributed by atoms with E-state index in [0.29, 0.717) is 6.61 Å². The number of thiophene rings is 1. The molecule has 0 aliphatic heterocycles. The monoisotopic (exact) mass is 269 g/mol. The van der Waals surface area contributed by atoms with E-state index in [1.807, 2.05) is 36.6 Å². The molecule has 0 amide bonds. The van der Waals surface area contributed by atoms with Crippen molar-refractivity contribution in [3.05, 3.63) is 52.2 Å². The summed E-state index contributed by atoms with van der Waals surface area (Å²) in [5, 5.41) is 4.12. The number of hydrogen-bond donors (Lipinski definition) is 1. The topological polar surface area (TPSA) is 35.2 Å². The van der Waals surface area contributed by atoms with Crippen molar-refractivity contribution in [2.75, 3.05) is 6.61 Å². The van der Waals surface area contributed by atoms with Crippen molar-refractivity contribution >= 4 is 23.7 Å². The number of ether oxygens (including phenoxy) is 1. The fourth-order valence-corrected chi connectivity index (χ4v) is 2.35. The van der Waals surface area contributed by atoms with E-state index in [0.717, 1.165) is 16.9 Å². The van der Waals surface area contributed by atoms with Gasteiger partial charge >= 0.3 is 0 Å². The third-order valence-electron chi connectivity index (χ3n) is 2.46. The van der Waals surface area contributed by atoms with Crippen molar-refractivity contribution in [3.63, 3.8) is 0 Å². The van der Waals surface area contributed by atoms with Gasteiger partial charge in [-0.3, -0.25) is 0 Å². The van der Waals surface area contributed by atoms with E-state index in [1.165, 1.54) is 0 Å². The zero-order valence-corrected chi connectivity index (χ0v) is 11.3. The quantitative estimate of drug-likeness (QED) is 0.920. The lowest BCUT2D eigenvalue weighted by Gasteiger charge is -2.15. The van der Waals surface area contributed by atoms with Crippen molar-refractivity contribution < 1.29 is 4.74 Å². The third-order valence-corrected chi connectivity index (χ3v) is 3.16. The predicted octanol–water partition coefficient (Wildman–Crippen LogP) is 3.62. The summed E-state index contributed by atoms with van der Waals surface area (Å²) in [6.07, 6.45) is 0. The summed E-state index contributed by atoms with van der Waals surface area (Å²) in [5.41, 5.74) is 8.40. The molecule has 0 aliphatic rings. The fraction of sp³-hybridized carbons (Fsp3) is 0.231. The van der Waals surface area contributed by atoms with Crippen LogP contribution >= 0.6 is 23.7 Å². The van der Waals surface area contributed by atoms with E-state index < -0.39 is 0 Å². The summed E-state index contributed by atoms with van der Waals surface area (Å²) < 4.78 is 5.58. The maximum absolute atomic E-state index is 6.22. The highest BCUT2D eigenvalue weighted by molar-refractivity contribution is 7.08. The molecule has 4 heteroatoms. The van der Waals surface area contributed by atoms with Crippen LogP contribution in [0, 0.1) is 0 Å². The second-order valence-electron chi connectivity index (χ2n) is 3.51. The first-order chi connectivity index (χ1) is 7.83. The molecule has 0 aliphatic carbocycles. The molecule has 0 radical (unpaired) electrons. The minimum absolute atomic E-state index is 0. The van der Waals surface area contributed by atoms with E-state index in [9.17, 15) is 0 Å². The molecule has 2 rings (SSSR count). The van der Waals surface area contributed by atoms with Gasteiger partial charge in [0.15, 0.2) is 0 Å². The van der Waals surface area contributed by atoms with Gasteiger partial charge < -0.3 is 10.5 Å². The van der Waals surface area contributed by atoms with Crippen LogP contribution in [-0.2, 0) is 0 Å². The van der Waals surface area contributed by atoms with E-state index in [-0.39, 0.29) is 18.4 Å². The standard InChI is InChI=1S/C13H15NOS.ClH/c1-2-15-12-6-4-3-5-11(12)13(14)10-7-8-16-9-10;/h3-9,13H,2,14H2,1H3;1H/t13-;/m1./s1. The number of halogens is 1. The fourth-order valence-electron chi connectivity index (χ4n) is 1.66.